The third kappa shape index (κ3) is 3.69. The molecule has 0 bridgehead atoms. The van der Waals surface area contributed by atoms with Crippen LogP contribution in [0.3, 0.4) is 0 Å². The molecule has 1 aliphatic heterocycles. The molecule has 160 valence electrons. The summed E-state index contributed by atoms with van der Waals surface area (Å²) in [5, 5.41) is 6.45. The van der Waals surface area contributed by atoms with E-state index < -0.39 is 11.6 Å². The SMILES string of the molecule is Cn1c(=O)c(Sc2ccc(F)cc2F)cc2cnc(Nc3ccc4c(c3)CC(=O)N4)nc21. The minimum atomic E-state index is -0.737. The molecule has 10 heteroatoms. The number of amides is 1. The van der Waals surface area contributed by atoms with Gasteiger partial charge in [0.1, 0.15) is 17.3 Å². The maximum Gasteiger partial charge on any atom is 0.265 e. The topological polar surface area (TPSA) is 88.9 Å². The highest BCUT2D eigenvalue weighted by atomic mass is 32.2. The third-order valence-electron chi connectivity index (χ3n) is 5.02. The Hall–Kier alpha value is -3.79. The molecule has 0 saturated heterocycles. The summed E-state index contributed by atoms with van der Waals surface area (Å²) in [4.78, 5) is 33.5. The Bertz CT molecular complexity index is 1470. The molecular formula is C22H15F2N5O2S. The average molecular weight is 451 g/mol. The normalized spacial score (nSPS) is 12.7. The zero-order valence-corrected chi connectivity index (χ0v) is 17.5. The zero-order valence-electron chi connectivity index (χ0n) is 16.6. The second-order valence-electron chi connectivity index (χ2n) is 7.24. The van der Waals surface area contributed by atoms with Crippen molar-refractivity contribution in [1.82, 2.24) is 14.5 Å². The van der Waals surface area contributed by atoms with Crippen LogP contribution in [0.25, 0.3) is 11.0 Å². The molecule has 32 heavy (non-hydrogen) atoms. The van der Waals surface area contributed by atoms with E-state index in [0.29, 0.717) is 23.1 Å². The van der Waals surface area contributed by atoms with Crippen molar-refractivity contribution in [3.63, 3.8) is 0 Å². The van der Waals surface area contributed by atoms with Gasteiger partial charge in [-0.3, -0.25) is 14.2 Å². The van der Waals surface area contributed by atoms with Crippen molar-refractivity contribution in [1.29, 1.82) is 0 Å². The quantitative estimate of drug-likeness (QED) is 0.488. The summed E-state index contributed by atoms with van der Waals surface area (Å²) in [6.07, 6.45) is 1.88. The van der Waals surface area contributed by atoms with Crippen molar-refractivity contribution in [2.45, 2.75) is 16.2 Å². The average Bonchev–Trinajstić information content (AvgIpc) is 3.13. The molecule has 2 aromatic heterocycles. The van der Waals surface area contributed by atoms with Gasteiger partial charge in [0.05, 0.1) is 11.3 Å². The van der Waals surface area contributed by atoms with Crippen LogP contribution in [-0.2, 0) is 18.3 Å². The predicted octanol–water partition coefficient (Wildman–Crippen LogP) is 4.00. The van der Waals surface area contributed by atoms with Crippen LogP contribution in [0.15, 0.2) is 63.2 Å². The fourth-order valence-electron chi connectivity index (χ4n) is 3.46. The lowest BCUT2D eigenvalue weighted by molar-refractivity contribution is -0.115. The van der Waals surface area contributed by atoms with Crippen LogP contribution < -0.4 is 16.2 Å². The molecule has 4 aromatic rings. The first kappa shape index (κ1) is 20.1. The molecule has 0 spiro atoms. The Morgan fingerprint density at radius 2 is 1.94 bits per heavy atom. The van der Waals surface area contributed by atoms with E-state index in [1.807, 2.05) is 6.07 Å². The van der Waals surface area contributed by atoms with Gasteiger partial charge in [0.2, 0.25) is 11.9 Å². The number of halogens is 2. The molecule has 3 heterocycles. The van der Waals surface area contributed by atoms with Crippen molar-refractivity contribution < 1.29 is 13.6 Å². The lowest BCUT2D eigenvalue weighted by atomic mass is 10.1. The number of carbonyl (C=O) groups is 1. The number of nitrogens with one attached hydrogen (secondary N) is 2. The number of fused-ring (bicyclic) bond motifs is 2. The molecule has 2 aromatic carbocycles. The molecule has 1 aliphatic rings. The Morgan fingerprint density at radius 3 is 2.75 bits per heavy atom. The second kappa shape index (κ2) is 7.72. The van der Waals surface area contributed by atoms with Crippen molar-refractivity contribution in [2.75, 3.05) is 10.6 Å². The minimum Gasteiger partial charge on any atom is -0.326 e. The van der Waals surface area contributed by atoms with Gasteiger partial charge in [-0.15, -0.1) is 0 Å². The molecule has 0 saturated carbocycles. The highest BCUT2D eigenvalue weighted by Crippen LogP contribution is 2.30. The van der Waals surface area contributed by atoms with E-state index in [4.69, 9.17) is 0 Å². The summed E-state index contributed by atoms with van der Waals surface area (Å²) < 4.78 is 28.5. The number of aromatic nitrogens is 3. The van der Waals surface area contributed by atoms with E-state index in [1.54, 1.807) is 31.4 Å². The van der Waals surface area contributed by atoms with E-state index in [1.165, 1.54) is 10.6 Å². The van der Waals surface area contributed by atoms with Gasteiger partial charge in [-0.05, 0) is 42.0 Å². The maximum atomic E-state index is 14.0. The van der Waals surface area contributed by atoms with Gasteiger partial charge in [-0.25, -0.2) is 13.8 Å². The van der Waals surface area contributed by atoms with Gasteiger partial charge in [0.15, 0.2) is 0 Å². The molecule has 2 N–H and O–H groups in total. The molecular weight excluding hydrogens is 436 g/mol. The molecule has 0 fully saturated rings. The Labute approximate surface area is 184 Å². The number of carbonyl (C=O) groups excluding carboxylic acids is 1. The van der Waals surface area contributed by atoms with Crippen LogP contribution in [0, 0.1) is 11.6 Å². The van der Waals surface area contributed by atoms with E-state index in [0.717, 1.165) is 35.1 Å². The van der Waals surface area contributed by atoms with Gasteiger partial charge in [0.25, 0.3) is 5.56 Å². The number of nitrogens with zero attached hydrogens (tertiary/aromatic N) is 3. The van der Waals surface area contributed by atoms with Crippen molar-refractivity contribution in [3.8, 4) is 0 Å². The largest absolute Gasteiger partial charge is 0.326 e. The van der Waals surface area contributed by atoms with E-state index in [2.05, 4.69) is 20.6 Å². The van der Waals surface area contributed by atoms with Crippen molar-refractivity contribution in [3.05, 3.63) is 76.2 Å². The Balaban J connectivity index is 1.46. The highest BCUT2D eigenvalue weighted by Gasteiger charge is 2.18. The number of pyridine rings is 1. The smallest absolute Gasteiger partial charge is 0.265 e. The van der Waals surface area contributed by atoms with Crippen molar-refractivity contribution in [2.24, 2.45) is 7.05 Å². The lowest BCUT2D eigenvalue weighted by Gasteiger charge is -2.11. The highest BCUT2D eigenvalue weighted by molar-refractivity contribution is 7.99. The first-order valence-corrected chi connectivity index (χ1v) is 10.4. The van der Waals surface area contributed by atoms with Gasteiger partial charge < -0.3 is 10.6 Å². The number of hydrogen-bond acceptors (Lipinski definition) is 6. The summed E-state index contributed by atoms with van der Waals surface area (Å²) in [6.45, 7) is 0. The molecule has 1 amide bonds. The monoisotopic (exact) mass is 451 g/mol. The number of benzene rings is 2. The van der Waals surface area contributed by atoms with E-state index >= 15 is 0 Å². The van der Waals surface area contributed by atoms with Gasteiger partial charge in [0, 0.05) is 41.0 Å². The lowest BCUT2D eigenvalue weighted by Crippen LogP contribution is -2.19. The molecule has 7 nitrogen and oxygen atoms in total. The first-order valence-electron chi connectivity index (χ1n) is 9.57. The molecule has 0 unspecified atom stereocenters. The van der Waals surface area contributed by atoms with Crippen LogP contribution in [0.2, 0.25) is 0 Å². The summed E-state index contributed by atoms with van der Waals surface area (Å²) in [5.74, 6) is -1.19. The van der Waals surface area contributed by atoms with Gasteiger partial charge in [-0.2, -0.15) is 4.98 Å². The fraction of sp³-hybridized carbons (Fsp3) is 0.0909. The predicted molar refractivity (Wildman–Crippen MR) is 117 cm³/mol. The third-order valence-corrected chi connectivity index (χ3v) is 6.08. The van der Waals surface area contributed by atoms with Crippen molar-refractivity contribution >= 4 is 46.0 Å². The Kier molecular flexibility index (Phi) is 4.86. The molecule has 0 radical (unpaired) electrons. The van der Waals surface area contributed by atoms with Crippen LogP contribution in [-0.4, -0.2) is 20.4 Å². The summed E-state index contributed by atoms with van der Waals surface area (Å²) >= 11 is 0.917. The maximum absolute atomic E-state index is 14.0. The fourth-order valence-corrected chi connectivity index (χ4v) is 4.40. The Morgan fingerprint density at radius 1 is 1.09 bits per heavy atom. The number of anilines is 3. The van der Waals surface area contributed by atoms with Gasteiger partial charge >= 0.3 is 0 Å². The van der Waals surface area contributed by atoms with Crippen LogP contribution >= 0.6 is 11.8 Å². The number of rotatable bonds is 4. The second-order valence-corrected chi connectivity index (χ2v) is 8.33. The number of hydrogen-bond donors (Lipinski definition) is 2. The molecule has 0 atom stereocenters. The zero-order chi connectivity index (χ0) is 22.4. The minimum absolute atomic E-state index is 0.0525. The van der Waals surface area contributed by atoms with Crippen LogP contribution in [0.5, 0.6) is 0 Å². The number of aryl methyl sites for hydroxylation is 1. The summed E-state index contributed by atoms with van der Waals surface area (Å²) in [5.41, 5.74) is 2.41. The first-order chi connectivity index (χ1) is 15.4. The summed E-state index contributed by atoms with van der Waals surface area (Å²) in [6, 6.07) is 10.2. The van der Waals surface area contributed by atoms with Crippen LogP contribution in [0.4, 0.5) is 26.1 Å². The van der Waals surface area contributed by atoms with E-state index in [-0.39, 0.29) is 27.2 Å². The summed E-state index contributed by atoms with van der Waals surface area (Å²) in [7, 11) is 1.57. The standard InChI is InChI=1S/C22H15F2N5O2S/c1-29-20-12(7-18(21(29)31)32-17-5-2-13(23)9-15(17)24)10-25-22(28-20)26-14-3-4-16-11(6-14)8-19(30)27-16/h2-7,9-10H,8H2,1H3,(H,27,30)(H,25,26,28). The van der Waals surface area contributed by atoms with Crippen LogP contribution in [0.1, 0.15) is 5.56 Å². The van der Waals surface area contributed by atoms with Gasteiger partial charge in [-0.1, -0.05) is 11.8 Å². The molecule has 5 rings (SSSR count). The van der Waals surface area contributed by atoms with E-state index in [9.17, 15) is 18.4 Å². The molecule has 0 aliphatic carbocycles.